The fourth-order valence-electron chi connectivity index (χ4n) is 2.53. The van der Waals surface area contributed by atoms with Gasteiger partial charge in [0.25, 0.3) is 0 Å². The van der Waals surface area contributed by atoms with Crippen molar-refractivity contribution in [2.45, 2.75) is 11.6 Å². The van der Waals surface area contributed by atoms with E-state index in [0.29, 0.717) is 26.2 Å². The van der Waals surface area contributed by atoms with Gasteiger partial charge in [0.2, 0.25) is 0 Å². The van der Waals surface area contributed by atoms with E-state index in [-0.39, 0.29) is 0 Å². The Balaban J connectivity index is 2.47. The average Bonchev–Trinajstić information content (AvgIpc) is 2.39. The Morgan fingerprint density at radius 3 is 2.48 bits per heavy atom. The monoisotopic (exact) mass is 328 g/mol. The lowest BCUT2D eigenvalue weighted by Gasteiger charge is -2.15. The molecule has 1 unspecified atom stereocenters. The van der Waals surface area contributed by atoms with E-state index in [1.807, 2.05) is 0 Å². The van der Waals surface area contributed by atoms with E-state index >= 15 is 0 Å². The van der Waals surface area contributed by atoms with E-state index in [4.69, 9.17) is 23.2 Å². The van der Waals surface area contributed by atoms with Gasteiger partial charge in [-0.25, -0.2) is 0 Å². The van der Waals surface area contributed by atoms with E-state index in [9.17, 15) is 13.2 Å². The average molecular weight is 329 g/mol. The van der Waals surface area contributed by atoms with Gasteiger partial charge in [-0.2, -0.15) is 13.2 Å². The van der Waals surface area contributed by atoms with Crippen molar-refractivity contribution in [3.05, 3.63) is 56.9 Å². The summed E-state index contributed by atoms with van der Waals surface area (Å²) in [5.41, 5.74) is 0.0193. The zero-order valence-corrected chi connectivity index (χ0v) is 12.2. The first-order valence-corrected chi connectivity index (χ1v) is 6.95. The Morgan fingerprint density at radius 1 is 1.10 bits per heavy atom. The Hall–Kier alpha value is -1.45. The van der Waals surface area contributed by atoms with Crippen LogP contribution in [0.25, 0.3) is 23.4 Å². The molecule has 0 saturated carbocycles. The highest BCUT2D eigenvalue weighted by Gasteiger charge is 2.30. The summed E-state index contributed by atoms with van der Waals surface area (Å²) in [5.74, 6) is 0. The molecule has 2 aromatic rings. The first-order chi connectivity index (χ1) is 9.77. The SMILES string of the molecule is C=c1cc2c(c3cc(C(F)(F)F)ccc13)=CC(Cl)=CC2Cl. The topological polar surface area (TPSA) is 0 Å². The maximum atomic E-state index is 12.9. The molecule has 5 heteroatoms. The zero-order valence-electron chi connectivity index (χ0n) is 10.6. The number of hydrogen-bond donors (Lipinski definition) is 0. The summed E-state index contributed by atoms with van der Waals surface area (Å²) < 4.78 is 38.7. The lowest BCUT2D eigenvalue weighted by atomic mass is 9.95. The third-order valence-corrected chi connectivity index (χ3v) is 4.10. The Morgan fingerprint density at radius 2 is 1.81 bits per heavy atom. The fourth-order valence-corrected chi connectivity index (χ4v) is 3.14. The van der Waals surface area contributed by atoms with Gasteiger partial charge >= 0.3 is 6.18 Å². The predicted octanol–water partition coefficient (Wildman–Crippen LogP) is 4.47. The van der Waals surface area contributed by atoms with Crippen LogP contribution in [0.4, 0.5) is 13.2 Å². The molecule has 0 aliphatic heterocycles. The van der Waals surface area contributed by atoms with Crippen molar-refractivity contribution in [1.29, 1.82) is 0 Å². The van der Waals surface area contributed by atoms with Crippen molar-refractivity contribution in [3.63, 3.8) is 0 Å². The Kier molecular flexibility index (Phi) is 3.30. The molecule has 3 rings (SSSR count). The van der Waals surface area contributed by atoms with E-state index in [0.717, 1.165) is 17.7 Å². The summed E-state index contributed by atoms with van der Waals surface area (Å²) in [4.78, 5) is 0. The standard InChI is InChI=1S/C16H9Cl2F3/c1-8-4-14-13(6-10(17)7-15(14)18)12-5-9(16(19,20)21)2-3-11(8)12/h2-7,15H,1H2. The van der Waals surface area contributed by atoms with Crippen LogP contribution in [-0.4, -0.2) is 0 Å². The van der Waals surface area contributed by atoms with Gasteiger partial charge < -0.3 is 0 Å². The smallest absolute Gasteiger partial charge is 0.166 e. The van der Waals surface area contributed by atoms with Crippen LogP contribution in [0, 0.1) is 0 Å². The molecule has 108 valence electrons. The second kappa shape index (κ2) is 4.79. The molecule has 0 heterocycles. The van der Waals surface area contributed by atoms with Crippen LogP contribution in [0.5, 0.6) is 0 Å². The van der Waals surface area contributed by atoms with E-state index < -0.39 is 17.1 Å². The van der Waals surface area contributed by atoms with Gasteiger partial charge in [-0.1, -0.05) is 24.2 Å². The number of hydrogen-bond acceptors (Lipinski definition) is 0. The molecule has 0 nitrogen and oxygen atoms in total. The lowest BCUT2D eigenvalue weighted by molar-refractivity contribution is -0.137. The summed E-state index contributed by atoms with van der Waals surface area (Å²) in [6.45, 7) is 3.89. The van der Waals surface area contributed by atoms with Gasteiger partial charge in [-0.15, -0.1) is 11.6 Å². The van der Waals surface area contributed by atoms with Gasteiger partial charge in [0.15, 0.2) is 0 Å². The van der Waals surface area contributed by atoms with Crippen LogP contribution >= 0.6 is 23.2 Å². The van der Waals surface area contributed by atoms with E-state index in [1.54, 1.807) is 18.2 Å². The zero-order chi connectivity index (χ0) is 15.4. The van der Waals surface area contributed by atoms with Gasteiger partial charge in [-0.3, -0.25) is 0 Å². The van der Waals surface area contributed by atoms with Gasteiger partial charge in [-0.05, 0) is 57.1 Å². The van der Waals surface area contributed by atoms with Crippen LogP contribution in [0.3, 0.4) is 0 Å². The van der Waals surface area contributed by atoms with Crippen LogP contribution in [-0.2, 0) is 6.18 Å². The molecule has 0 N–H and O–H groups in total. The summed E-state index contributed by atoms with van der Waals surface area (Å²) in [7, 11) is 0. The third-order valence-electron chi connectivity index (χ3n) is 3.51. The largest absolute Gasteiger partial charge is 0.416 e. The van der Waals surface area contributed by atoms with E-state index in [2.05, 4.69) is 6.58 Å². The highest BCUT2D eigenvalue weighted by molar-refractivity contribution is 6.35. The van der Waals surface area contributed by atoms with Crippen molar-refractivity contribution < 1.29 is 13.2 Å². The number of fused-ring (bicyclic) bond motifs is 3. The van der Waals surface area contributed by atoms with Gasteiger partial charge in [0, 0.05) is 5.03 Å². The molecule has 1 atom stereocenters. The second-order valence-corrected chi connectivity index (χ2v) is 5.80. The summed E-state index contributed by atoms with van der Waals surface area (Å²) in [5, 5.41) is 2.33. The van der Waals surface area contributed by atoms with Crippen molar-refractivity contribution in [2.75, 3.05) is 0 Å². The number of benzene rings is 2. The van der Waals surface area contributed by atoms with Crippen molar-refractivity contribution in [2.24, 2.45) is 0 Å². The quantitative estimate of drug-likeness (QED) is 0.626. The molecule has 1 aliphatic carbocycles. The van der Waals surface area contributed by atoms with Crippen LogP contribution in [0.2, 0.25) is 0 Å². The maximum Gasteiger partial charge on any atom is 0.416 e. The first-order valence-electron chi connectivity index (χ1n) is 6.13. The van der Waals surface area contributed by atoms with Gasteiger partial charge in [0.1, 0.15) is 0 Å². The normalized spacial score (nSPS) is 18.1. The summed E-state index contributed by atoms with van der Waals surface area (Å²) in [6.07, 6.45) is -1.12. The lowest BCUT2D eigenvalue weighted by Crippen LogP contribution is -2.21. The van der Waals surface area contributed by atoms with Crippen molar-refractivity contribution in [1.82, 2.24) is 0 Å². The van der Waals surface area contributed by atoms with Gasteiger partial charge in [0.05, 0.1) is 10.9 Å². The summed E-state index contributed by atoms with van der Waals surface area (Å²) >= 11 is 12.2. The molecule has 0 amide bonds. The third kappa shape index (κ3) is 2.45. The highest BCUT2D eigenvalue weighted by atomic mass is 35.5. The minimum Gasteiger partial charge on any atom is -0.166 e. The van der Waals surface area contributed by atoms with Crippen molar-refractivity contribution in [3.8, 4) is 0 Å². The molecule has 0 aromatic heterocycles. The summed E-state index contributed by atoms with van der Waals surface area (Å²) in [6, 6.07) is 5.41. The second-order valence-electron chi connectivity index (χ2n) is 4.89. The molecule has 21 heavy (non-hydrogen) atoms. The number of halogens is 5. The fraction of sp³-hybridized carbons (Fsp3) is 0.125. The minimum atomic E-state index is -4.40. The van der Waals surface area contributed by atoms with Crippen LogP contribution < -0.4 is 10.4 Å². The molecular formula is C16H9Cl2F3. The maximum absolute atomic E-state index is 12.9. The molecule has 2 aromatic carbocycles. The predicted molar refractivity (Wildman–Crippen MR) is 80.7 cm³/mol. The molecular weight excluding hydrogens is 320 g/mol. The van der Waals surface area contributed by atoms with Crippen molar-refractivity contribution >= 4 is 46.6 Å². The van der Waals surface area contributed by atoms with Crippen LogP contribution in [0.1, 0.15) is 16.5 Å². The minimum absolute atomic E-state index is 0.415. The molecule has 0 saturated heterocycles. The number of allylic oxidation sites excluding steroid dienone is 2. The number of alkyl halides is 4. The molecule has 0 radical (unpaired) electrons. The molecule has 0 fully saturated rings. The van der Waals surface area contributed by atoms with E-state index in [1.165, 1.54) is 6.07 Å². The highest BCUT2D eigenvalue weighted by Crippen LogP contribution is 2.32. The Bertz CT molecular complexity index is 879. The first kappa shape index (κ1) is 14.5. The van der Waals surface area contributed by atoms with Crippen LogP contribution in [0.15, 0.2) is 35.4 Å². The number of rotatable bonds is 0. The molecule has 0 bridgehead atoms. The molecule has 1 aliphatic rings. The molecule has 0 spiro atoms. The Labute approximate surface area is 128 Å².